The third-order valence-corrected chi connectivity index (χ3v) is 2.81. The Labute approximate surface area is 119 Å². The average Bonchev–Trinajstić information content (AvgIpc) is 2.35. The lowest BCUT2D eigenvalue weighted by atomic mass is 10.1. The summed E-state index contributed by atoms with van der Waals surface area (Å²) in [5, 5.41) is 2.73. The summed E-state index contributed by atoms with van der Waals surface area (Å²) < 4.78 is 5.16. The second-order valence-corrected chi connectivity index (χ2v) is 5.26. The SMILES string of the molecule is Cc1cc(N)ccc1C(=O)OC(C)C(=O)NCC(C)C. The van der Waals surface area contributed by atoms with Gasteiger partial charge in [-0.2, -0.15) is 0 Å². The molecule has 110 valence electrons. The number of amides is 1. The van der Waals surface area contributed by atoms with Crippen LogP contribution in [-0.2, 0) is 9.53 Å². The molecule has 0 saturated carbocycles. The molecule has 0 aliphatic rings. The van der Waals surface area contributed by atoms with E-state index in [-0.39, 0.29) is 5.91 Å². The summed E-state index contributed by atoms with van der Waals surface area (Å²) in [6.07, 6.45) is -0.821. The van der Waals surface area contributed by atoms with E-state index in [0.29, 0.717) is 23.7 Å². The molecule has 5 heteroatoms. The van der Waals surface area contributed by atoms with E-state index in [1.54, 1.807) is 32.0 Å². The molecular weight excluding hydrogens is 256 g/mol. The van der Waals surface area contributed by atoms with Gasteiger partial charge in [-0.25, -0.2) is 4.79 Å². The number of rotatable bonds is 5. The smallest absolute Gasteiger partial charge is 0.339 e. The lowest BCUT2D eigenvalue weighted by Crippen LogP contribution is -2.37. The second kappa shape index (κ2) is 6.93. The van der Waals surface area contributed by atoms with Gasteiger partial charge in [-0.1, -0.05) is 13.8 Å². The van der Waals surface area contributed by atoms with Gasteiger partial charge in [0.1, 0.15) is 0 Å². The van der Waals surface area contributed by atoms with E-state index in [0.717, 1.165) is 5.56 Å². The number of esters is 1. The molecular formula is C15H22N2O3. The Hall–Kier alpha value is -2.04. The van der Waals surface area contributed by atoms with Crippen LogP contribution in [0.25, 0.3) is 0 Å². The maximum absolute atomic E-state index is 12.0. The Morgan fingerprint density at radius 1 is 1.30 bits per heavy atom. The fourth-order valence-electron chi connectivity index (χ4n) is 1.64. The zero-order valence-corrected chi connectivity index (χ0v) is 12.4. The van der Waals surface area contributed by atoms with E-state index < -0.39 is 12.1 Å². The molecule has 0 saturated heterocycles. The summed E-state index contributed by atoms with van der Waals surface area (Å²) in [5.74, 6) is -0.462. The highest BCUT2D eigenvalue weighted by molar-refractivity contribution is 5.93. The summed E-state index contributed by atoms with van der Waals surface area (Å²) in [5.41, 5.74) is 7.36. The fourth-order valence-corrected chi connectivity index (χ4v) is 1.64. The Bertz CT molecular complexity index is 498. The summed E-state index contributed by atoms with van der Waals surface area (Å²) >= 11 is 0. The van der Waals surface area contributed by atoms with Crippen molar-refractivity contribution < 1.29 is 14.3 Å². The molecule has 0 aliphatic carbocycles. The first kappa shape index (κ1) is 16.0. The number of anilines is 1. The predicted octanol–water partition coefficient (Wildman–Crippen LogP) is 1.89. The molecule has 1 atom stereocenters. The van der Waals surface area contributed by atoms with Gasteiger partial charge in [-0.3, -0.25) is 4.79 Å². The molecule has 0 radical (unpaired) electrons. The van der Waals surface area contributed by atoms with Crippen molar-refractivity contribution in [3.05, 3.63) is 29.3 Å². The first-order chi connectivity index (χ1) is 9.31. The number of ether oxygens (including phenoxy) is 1. The molecule has 1 rings (SSSR count). The molecule has 1 aromatic rings. The minimum atomic E-state index is -0.821. The Morgan fingerprint density at radius 2 is 1.95 bits per heavy atom. The van der Waals surface area contributed by atoms with Crippen molar-refractivity contribution in [3.63, 3.8) is 0 Å². The maximum atomic E-state index is 12.0. The van der Waals surface area contributed by atoms with Gasteiger partial charge >= 0.3 is 5.97 Å². The highest BCUT2D eigenvalue weighted by Crippen LogP contribution is 2.14. The Balaban J connectivity index is 2.63. The molecule has 0 aliphatic heterocycles. The molecule has 3 N–H and O–H groups in total. The van der Waals surface area contributed by atoms with Crippen molar-refractivity contribution in [2.24, 2.45) is 5.92 Å². The van der Waals surface area contributed by atoms with Crippen LogP contribution in [0.5, 0.6) is 0 Å². The topological polar surface area (TPSA) is 81.4 Å². The molecule has 1 unspecified atom stereocenters. The molecule has 1 amide bonds. The van der Waals surface area contributed by atoms with E-state index in [1.807, 2.05) is 13.8 Å². The zero-order chi connectivity index (χ0) is 15.3. The summed E-state index contributed by atoms with van der Waals surface area (Å²) in [6, 6.07) is 4.93. The first-order valence-electron chi connectivity index (χ1n) is 6.66. The molecule has 0 bridgehead atoms. The Kier molecular flexibility index (Phi) is 5.55. The molecule has 5 nitrogen and oxygen atoms in total. The standard InChI is InChI=1S/C15H22N2O3/c1-9(2)8-17-14(18)11(4)20-15(19)13-6-5-12(16)7-10(13)3/h5-7,9,11H,8,16H2,1-4H3,(H,17,18). The van der Waals surface area contributed by atoms with Crippen molar-refractivity contribution in [1.29, 1.82) is 0 Å². The molecule has 20 heavy (non-hydrogen) atoms. The normalized spacial score (nSPS) is 12.1. The van der Waals surface area contributed by atoms with Crippen LogP contribution in [0.15, 0.2) is 18.2 Å². The number of benzene rings is 1. The van der Waals surface area contributed by atoms with Crippen molar-refractivity contribution in [2.45, 2.75) is 33.8 Å². The van der Waals surface area contributed by atoms with Crippen molar-refractivity contribution in [3.8, 4) is 0 Å². The van der Waals surface area contributed by atoms with Crippen LogP contribution in [0, 0.1) is 12.8 Å². The number of hydrogen-bond donors (Lipinski definition) is 2. The lowest BCUT2D eigenvalue weighted by molar-refractivity contribution is -0.129. The van der Waals surface area contributed by atoms with E-state index in [1.165, 1.54) is 0 Å². The molecule has 0 aromatic heterocycles. The van der Waals surface area contributed by atoms with E-state index in [2.05, 4.69) is 5.32 Å². The third-order valence-electron chi connectivity index (χ3n) is 2.81. The second-order valence-electron chi connectivity index (χ2n) is 5.26. The van der Waals surface area contributed by atoms with Gasteiger partial charge in [0.2, 0.25) is 0 Å². The maximum Gasteiger partial charge on any atom is 0.339 e. The predicted molar refractivity (Wildman–Crippen MR) is 78.3 cm³/mol. The third kappa shape index (κ3) is 4.57. The van der Waals surface area contributed by atoms with E-state index in [4.69, 9.17) is 10.5 Å². The van der Waals surface area contributed by atoms with Crippen molar-refractivity contribution in [1.82, 2.24) is 5.32 Å². The minimum Gasteiger partial charge on any atom is -0.449 e. The van der Waals surface area contributed by atoms with Gasteiger partial charge in [-0.05, 0) is 43.5 Å². The lowest BCUT2D eigenvalue weighted by Gasteiger charge is -2.15. The van der Waals surface area contributed by atoms with Gasteiger partial charge in [0.25, 0.3) is 5.91 Å². The van der Waals surface area contributed by atoms with Crippen LogP contribution in [0.2, 0.25) is 0 Å². The van der Waals surface area contributed by atoms with Gasteiger partial charge in [-0.15, -0.1) is 0 Å². The molecule has 0 fully saturated rings. The number of nitrogens with two attached hydrogens (primary N) is 1. The van der Waals surface area contributed by atoms with E-state index in [9.17, 15) is 9.59 Å². The molecule has 1 aromatic carbocycles. The van der Waals surface area contributed by atoms with Crippen molar-refractivity contribution in [2.75, 3.05) is 12.3 Å². The summed E-state index contributed by atoms with van der Waals surface area (Å²) in [4.78, 5) is 23.7. The van der Waals surface area contributed by atoms with Crippen LogP contribution in [0.3, 0.4) is 0 Å². The summed E-state index contributed by atoms with van der Waals surface area (Å²) in [6.45, 7) is 7.88. The van der Waals surface area contributed by atoms with Crippen LogP contribution in [0.1, 0.15) is 36.7 Å². The zero-order valence-electron chi connectivity index (χ0n) is 12.4. The van der Waals surface area contributed by atoms with Crippen LogP contribution < -0.4 is 11.1 Å². The minimum absolute atomic E-state index is 0.292. The Morgan fingerprint density at radius 3 is 2.50 bits per heavy atom. The van der Waals surface area contributed by atoms with Crippen LogP contribution >= 0.6 is 0 Å². The molecule has 0 spiro atoms. The van der Waals surface area contributed by atoms with Gasteiger partial charge < -0.3 is 15.8 Å². The number of hydrogen-bond acceptors (Lipinski definition) is 4. The highest BCUT2D eigenvalue weighted by Gasteiger charge is 2.19. The highest BCUT2D eigenvalue weighted by atomic mass is 16.5. The van der Waals surface area contributed by atoms with Crippen LogP contribution in [0.4, 0.5) is 5.69 Å². The number of carbonyl (C=O) groups excluding carboxylic acids is 2. The number of carbonyl (C=O) groups is 2. The fraction of sp³-hybridized carbons (Fsp3) is 0.467. The van der Waals surface area contributed by atoms with Crippen LogP contribution in [-0.4, -0.2) is 24.5 Å². The number of nitrogen functional groups attached to an aromatic ring is 1. The van der Waals surface area contributed by atoms with Gasteiger partial charge in [0, 0.05) is 12.2 Å². The quantitative estimate of drug-likeness (QED) is 0.636. The van der Waals surface area contributed by atoms with Gasteiger partial charge in [0.05, 0.1) is 5.56 Å². The average molecular weight is 278 g/mol. The summed E-state index contributed by atoms with van der Waals surface area (Å²) in [7, 11) is 0. The van der Waals surface area contributed by atoms with Gasteiger partial charge in [0.15, 0.2) is 6.10 Å². The number of nitrogens with one attached hydrogen (secondary N) is 1. The van der Waals surface area contributed by atoms with Crippen molar-refractivity contribution >= 4 is 17.6 Å². The molecule has 0 heterocycles. The first-order valence-corrected chi connectivity index (χ1v) is 6.66. The van der Waals surface area contributed by atoms with E-state index >= 15 is 0 Å². The largest absolute Gasteiger partial charge is 0.449 e. The monoisotopic (exact) mass is 278 g/mol. The number of aryl methyl sites for hydroxylation is 1.